The zero-order valence-electron chi connectivity index (χ0n) is 16.3. The van der Waals surface area contributed by atoms with Crippen molar-refractivity contribution in [1.29, 1.82) is 0 Å². The summed E-state index contributed by atoms with van der Waals surface area (Å²) in [4.78, 5) is 35.7. The topological polar surface area (TPSA) is 73.0 Å². The molecular formula is C20H20F3N5O2. The van der Waals surface area contributed by atoms with Crippen LogP contribution in [0.5, 0.6) is 0 Å². The van der Waals surface area contributed by atoms with Crippen molar-refractivity contribution in [1.82, 2.24) is 24.0 Å². The molecule has 7 nitrogen and oxygen atoms in total. The van der Waals surface area contributed by atoms with Crippen LogP contribution in [0.3, 0.4) is 0 Å². The zero-order valence-corrected chi connectivity index (χ0v) is 16.3. The summed E-state index contributed by atoms with van der Waals surface area (Å²) in [6.07, 6.45) is -0.573. The molecule has 0 N–H and O–H groups in total. The molecule has 0 atom stereocenters. The Morgan fingerprint density at radius 1 is 1.17 bits per heavy atom. The number of fused-ring (bicyclic) bond motifs is 1. The SMILES string of the molecule is Cn1c(=O)n(C(=O)N2CCCC2)c2nc(CCc3cccc(C(F)(F)F)c3)ncc21. The lowest BCUT2D eigenvalue weighted by Crippen LogP contribution is -2.38. The normalized spacial score (nSPS) is 14.6. The number of imidazole rings is 1. The molecule has 1 aliphatic heterocycles. The fraction of sp³-hybridized carbons (Fsp3) is 0.400. The van der Waals surface area contributed by atoms with Crippen LogP contribution in [-0.2, 0) is 26.1 Å². The van der Waals surface area contributed by atoms with E-state index in [1.807, 2.05) is 0 Å². The number of hydrogen-bond acceptors (Lipinski definition) is 4. The van der Waals surface area contributed by atoms with Crippen LogP contribution in [0.2, 0.25) is 0 Å². The van der Waals surface area contributed by atoms with Crippen LogP contribution in [0, 0.1) is 0 Å². The van der Waals surface area contributed by atoms with Gasteiger partial charge in [-0.05, 0) is 30.9 Å². The molecule has 3 heterocycles. The number of benzene rings is 1. The van der Waals surface area contributed by atoms with Crippen LogP contribution < -0.4 is 5.69 Å². The first-order chi connectivity index (χ1) is 14.3. The van der Waals surface area contributed by atoms with E-state index in [9.17, 15) is 22.8 Å². The minimum Gasteiger partial charge on any atom is -0.324 e. The number of likely N-dealkylation sites (tertiary alicyclic amines) is 1. The first-order valence-electron chi connectivity index (χ1n) is 9.64. The Kier molecular flexibility index (Phi) is 5.08. The van der Waals surface area contributed by atoms with Gasteiger partial charge in [0.15, 0.2) is 5.65 Å². The summed E-state index contributed by atoms with van der Waals surface area (Å²) in [5.41, 5.74) is -0.0494. The second-order valence-electron chi connectivity index (χ2n) is 7.35. The second-order valence-corrected chi connectivity index (χ2v) is 7.35. The monoisotopic (exact) mass is 419 g/mol. The summed E-state index contributed by atoms with van der Waals surface area (Å²) in [6, 6.07) is 4.70. The first kappa shape index (κ1) is 20.1. The Labute approximate surface area is 169 Å². The van der Waals surface area contributed by atoms with Gasteiger partial charge in [-0.1, -0.05) is 18.2 Å². The Hall–Kier alpha value is -3.17. The maximum Gasteiger partial charge on any atom is 0.416 e. The van der Waals surface area contributed by atoms with Gasteiger partial charge in [0.2, 0.25) is 0 Å². The lowest BCUT2D eigenvalue weighted by Gasteiger charge is -2.14. The number of carbonyl (C=O) groups excluding carboxylic acids is 1. The number of halogens is 3. The largest absolute Gasteiger partial charge is 0.416 e. The summed E-state index contributed by atoms with van der Waals surface area (Å²) in [5, 5.41) is 0. The molecule has 1 aromatic carbocycles. The number of rotatable bonds is 3. The Balaban J connectivity index is 1.63. The van der Waals surface area contributed by atoms with Gasteiger partial charge >= 0.3 is 17.9 Å². The molecule has 0 aliphatic carbocycles. The van der Waals surface area contributed by atoms with Crippen molar-refractivity contribution in [3.05, 3.63) is 57.9 Å². The van der Waals surface area contributed by atoms with Gasteiger partial charge in [-0.2, -0.15) is 17.7 Å². The number of amides is 1. The smallest absolute Gasteiger partial charge is 0.324 e. The highest BCUT2D eigenvalue weighted by atomic mass is 19.4. The van der Waals surface area contributed by atoms with E-state index in [2.05, 4.69) is 9.97 Å². The summed E-state index contributed by atoms with van der Waals surface area (Å²) < 4.78 is 41.1. The Morgan fingerprint density at radius 3 is 2.60 bits per heavy atom. The molecule has 0 unspecified atom stereocenters. The molecular weight excluding hydrogens is 399 g/mol. The lowest BCUT2D eigenvalue weighted by molar-refractivity contribution is -0.137. The van der Waals surface area contributed by atoms with Crippen molar-refractivity contribution in [2.75, 3.05) is 13.1 Å². The van der Waals surface area contributed by atoms with Crippen molar-refractivity contribution >= 4 is 17.2 Å². The van der Waals surface area contributed by atoms with Crippen LogP contribution in [-0.4, -0.2) is 43.1 Å². The summed E-state index contributed by atoms with van der Waals surface area (Å²) >= 11 is 0. The minimum atomic E-state index is -4.40. The fourth-order valence-electron chi connectivity index (χ4n) is 3.65. The summed E-state index contributed by atoms with van der Waals surface area (Å²) in [7, 11) is 1.55. The van der Waals surface area contributed by atoms with Gasteiger partial charge in [0.1, 0.15) is 11.3 Å². The third kappa shape index (κ3) is 3.69. The van der Waals surface area contributed by atoms with Crippen molar-refractivity contribution < 1.29 is 18.0 Å². The van der Waals surface area contributed by atoms with Gasteiger partial charge in [0.05, 0.1) is 11.8 Å². The standard InChI is InChI=1S/C20H20F3N5O2/c1-26-15-12-24-16(8-7-13-5-4-6-14(11-13)20(21,22)23)25-17(15)28(18(26)29)19(30)27-9-2-3-10-27/h4-6,11-12H,2-3,7-10H2,1H3. The highest BCUT2D eigenvalue weighted by molar-refractivity contribution is 5.87. The molecule has 3 aromatic rings. The number of hydrogen-bond donors (Lipinski definition) is 0. The van der Waals surface area contributed by atoms with Gasteiger partial charge in [0, 0.05) is 26.6 Å². The molecule has 158 valence electrons. The number of aromatic nitrogens is 4. The van der Waals surface area contributed by atoms with Crippen molar-refractivity contribution in [3.8, 4) is 0 Å². The first-order valence-corrected chi connectivity index (χ1v) is 9.64. The fourth-order valence-corrected chi connectivity index (χ4v) is 3.65. The predicted molar refractivity (Wildman–Crippen MR) is 103 cm³/mol. The molecule has 30 heavy (non-hydrogen) atoms. The van der Waals surface area contributed by atoms with E-state index < -0.39 is 23.5 Å². The van der Waals surface area contributed by atoms with E-state index in [1.165, 1.54) is 16.8 Å². The molecule has 0 saturated carbocycles. The zero-order chi connectivity index (χ0) is 21.5. The molecule has 0 radical (unpaired) electrons. The van der Waals surface area contributed by atoms with Gasteiger partial charge in [0.25, 0.3) is 0 Å². The molecule has 4 rings (SSSR count). The third-order valence-corrected chi connectivity index (χ3v) is 5.31. The average Bonchev–Trinajstić information content (AvgIpc) is 3.33. The van der Waals surface area contributed by atoms with Gasteiger partial charge in [-0.3, -0.25) is 4.57 Å². The summed E-state index contributed by atoms with van der Waals surface area (Å²) in [5.74, 6) is 0.355. The predicted octanol–water partition coefficient (Wildman–Crippen LogP) is 3.00. The maximum atomic E-state index is 12.9. The Bertz CT molecular complexity index is 1160. The molecule has 1 fully saturated rings. The van der Waals surface area contributed by atoms with E-state index in [0.717, 1.165) is 29.5 Å². The Morgan fingerprint density at radius 2 is 1.90 bits per heavy atom. The van der Waals surface area contributed by atoms with Crippen LogP contribution in [0.15, 0.2) is 35.3 Å². The highest BCUT2D eigenvalue weighted by Gasteiger charge is 2.30. The molecule has 0 bridgehead atoms. The number of nitrogens with zero attached hydrogens (tertiary/aromatic N) is 5. The van der Waals surface area contributed by atoms with E-state index in [0.29, 0.717) is 36.4 Å². The molecule has 1 aliphatic rings. The van der Waals surface area contributed by atoms with Crippen molar-refractivity contribution in [2.45, 2.75) is 31.9 Å². The minimum absolute atomic E-state index is 0.216. The highest BCUT2D eigenvalue weighted by Crippen LogP contribution is 2.29. The average molecular weight is 419 g/mol. The van der Waals surface area contributed by atoms with Gasteiger partial charge in [-0.15, -0.1) is 0 Å². The van der Waals surface area contributed by atoms with E-state index >= 15 is 0 Å². The quantitative estimate of drug-likeness (QED) is 0.654. The maximum absolute atomic E-state index is 12.9. The van der Waals surface area contributed by atoms with E-state index in [1.54, 1.807) is 18.0 Å². The lowest BCUT2D eigenvalue weighted by atomic mass is 10.1. The second kappa shape index (κ2) is 7.58. The number of alkyl halides is 3. The van der Waals surface area contributed by atoms with Crippen molar-refractivity contribution in [2.24, 2.45) is 7.05 Å². The van der Waals surface area contributed by atoms with Crippen LogP contribution in [0.4, 0.5) is 18.0 Å². The number of carbonyl (C=O) groups is 1. The molecule has 10 heteroatoms. The van der Waals surface area contributed by atoms with Gasteiger partial charge < -0.3 is 4.90 Å². The van der Waals surface area contributed by atoms with Crippen LogP contribution in [0.25, 0.3) is 11.2 Å². The van der Waals surface area contributed by atoms with Crippen LogP contribution >= 0.6 is 0 Å². The third-order valence-electron chi connectivity index (χ3n) is 5.31. The molecule has 0 spiro atoms. The summed E-state index contributed by atoms with van der Waals surface area (Å²) in [6.45, 7) is 1.18. The number of aryl methyl sites for hydroxylation is 3. The van der Waals surface area contributed by atoms with E-state index in [4.69, 9.17) is 0 Å². The van der Waals surface area contributed by atoms with Crippen LogP contribution in [0.1, 0.15) is 29.8 Å². The molecule has 2 aromatic heterocycles. The molecule has 1 saturated heterocycles. The van der Waals surface area contributed by atoms with Gasteiger partial charge in [-0.25, -0.2) is 19.6 Å². The van der Waals surface area contributed by atoms with E-state index in [-0.39, 0.29) is 12.1 Å². The van der Waals surface area contributed by atoms with Crippen molar-refractivity contribution in [3.63, 3.8) is 0 Å². The molecule has 1 amide bonds.